The van der Waals surface area contributed by atoms with Crippen LogP contribution in [-0.2, 0) is 0 Å². The Morgan fingerprint density at radius 2 is 1.62 bits per heavy atom. The molecular formula is C22H22N2O2. The second kappa shape index (κ2) is 7.74. The van der Waals surface area contributed by atoms with Crippen LogP contribution in [0.5, 0.6) is 5.75 Å². The molecule has 0 bridgehead atoms. The molecule has 3 aromatic carbocycles. The van der Waals surface area contributed by atoms with Crippen molar-refractivity contribution >= 4 is 17.4 Å². The van der Waals surface area contributed by atoms with Gasteiger partial charge in [0.05, 0.1) is 7.11 Å². The Labute approximate surface area is 153 Å². The molecule has 3 aromatic rings. The molecule has 0 aromatic heterocycles. The number of nitrogens with one attached hydrogen (secondary N) is 2. The standard InChI is InChI=1S/C22H22N2O2/c1-15-7-8-16(2)21(13-15)24-22(25)23-19-6-4-5-18(14-19)17-9-11-20(26-3)12-10-17/h4-14H,1-3H3,(H2,23,24,25). The highest BCUT2D eigenvalue weighted by Gasteiger charge is 2.06. The van der Waals surface area contributed by atoms with Gasteiger partial charge in [-0.1, -0.05) is 36.4 Å². The Balaban J connectivity index is 1.73. The maximum absolute atomic E-state index is 12.3. The molecule has 0 atom stereocenters. The van der Waals surface area contributed by atoms with Crippen LogP contribution in [0, 0.1) is 13.8 Å². The zero-order chi connectivity index (χ0) is 18.5. The molecule has 0 aliphatic carbocycles. The molecule has 0 unspecified atom stereocenters. The average Bonchev–Trinajstić information content (AvgIpc) is 2.65. The third-order valence-corrected chi connectivity index (χ3v) is 4.19. The molecule has 0 saturated carbocycles. The maximum atomic E-state index is 12.3. The van der Waals surface area contributed by atoms with E-state index in [1.165, 1.54) is 0 Å². The first-order valence-corrected chi connectivity index (χ1v) is 8.45. The van der Waals surface area contributed by atoms with E-state index < -0.39 is 0 Å². The van der Waals surface area contributed by atoms with Gasteiger partial charge in [0.2, 0.25) is 0 Å². The Bertz CT molecular complexity index is 918. The molecule has 0 heterocycles. The van der Waals surface area contributed by atoms with Gasteiger partial charge in [-0.2, -0.15) is 0 Å². The number of urea groups is 1. The first-order chi connectivity index (χ1) is 12.5. The summed E-state index contributed by atoms with van der Waals surface area (Å²) in [5.74, 6) is 0.816. The largest absolute Gasteiger partial charge is 0.497 e. The SMILES string of the molecule is COc1ccc(-c2cccc(NC(=O)Nc3cc(C)ccc3C)c2)cc1. The lowest BCUT2D eigenvalue weighted by molar-refractivity contribution is 0.262. The van der Waals surface area contributed by atoms with Gasteiger partial charge in [0, 0.05) is 11.4 Å². The fraction of sp³-hybridized carbons (Fsp3) is 0.136. The van der Waals surface area contributed by atoms with Gasteiger partial charge < -0.3 is 15.4 Å². The summed E-state index contributed by atoms with van der Waals surface area (Å²) in [6.45, 7) is 3.97. The third kappa shape index (κ3) is 4.22. The molecule has 0 saturated heterocycles. The van der Waals surface area contributed by atoms with E-state index in [4.69, 9.17) is 4.74 Å². The van der Waals surface area contributed by atoms with Crippen LogP contribution >= 0.6 is 0 Å². The normalized spacial score (nSPS) is 10.3. The minimum Gasteiger partial charge on any atom is -0.497 e. The van der Waals surface area contributed by atoms with Crippen LogP contribution in [0.25, 0.3) is 11.1 Å². The smallest absolute Gasteiger partial charge is 0.323 e. The highest BCUT2D eigenvalue weighted by atomic mass is 16.5. The summed E-state index contributed by atoms with van der Waals surface area (Å²) in [5, 5.41) is 5.80. The predicted molar refractivity (Wildman–Crippen MR) is 107 cm³/mol. The summed E-state index contributed by atoms with van der Waals surface area (Å²) >= 11 is 0. The van der Waals surface area contributed by atoms with Crippen molar-refractivity contribution in [2.75, 3.05) is 17.7 Å². The van der Waals surface area contributed by atoms with Crippen molar-refractivity contribution in [3.05, 3.63) is 77.9 Å². The van der Waals surface area contributed by atoms with Gasteiger partial charge in [-0.15, -0.1) is 0 Å². The van der Waals surface area contributed by atoms with Gasteiger partial charge in [0.1, 0.15) is 5.75 Å². The lowest BCUT2D eigenvalue weighted by Gasteiger charge is -2.12. The molecular weight excluding hydrogens is 324 g/mol. The summed E-state index contributed by atoms with van der Waals surface area (Å²) in [4.78, 5) is 12.3. The van der Waals surface area contributed by atoms with Crippen molar-refractivity contribution in [2.24, 2.45) is 0 Å². The fourth-order valence-electron chi connectivity index (χ4n) is 2.72. The maximum Gasteiger partial charge on any atom is 0.323 e. The van der Waals surface area contributed by atoms with Gasteiger partial charge in [0.15, 0.2) is 0 Å². The lowest BCUT2D eigenvalue weighted by atomic mass is 10.1. The number of anilines is 2. The average molecular weight is 346 g/mol. The first-order valence-electron chi connectivity index (χ1n) is 8.45. The molecule has 0 radical (unpaired) electrons. The molecule has 26 heavy (non-hydrogen) atoms. The molecule has 3 rings (SSSR count). The zero-order valence-electron chi connectivity index (χ0n) is 15.2. The summed E-state index contributed by atoms with van der Waals surface area (Å²) in [6, 6.07) is 21.3. The molecule has 2 amide bonds. The van der Waals surface area contributed by atoms with Crippen molar-refractivity contribution in [2.45, 2.75) is 13.8 Å². The van der Waals surface area contributed by atoms with Crippen molar-refractivity contribution in [3.8, 4) is 16.9 Å². The minimum atomic E-state index is -0.259. The summed E-state index contributed by atoms with van der Waals surface area (Å²) in [5.41, 5.74) is 5.77. The van der Waals surface area contributed by atoms with E-state index in [-0.39, 0.29) is 6.03 Å². The van der Waals surface area contributed by atoms with Crippen molar-refractivity contribution in [1.82, 2.24) is 0 Å². The van der Waals surface area contributed by atoms with Crippen LogP contribution in [0.15, 0.2) is 66.7 Å². The Morgan fingerprint density at radius 3 is 2.35 bits per heavy atom. The van der Waals surface area contributed by atoms with Crippen LogP contribution < -0.4 is 15.4 Å². The van der Waals surface area contributed by atoms with Gasteiger partial charge in [-0.05, 0) is 66.4 Å². The van der Waals surface area contributed by atoms with Crippen LogP contribution in [0.3, 0.4) is 0 Å². The van der Waals surface area contributed by atoms with Crippen LogP contribution in [0.4, 0.5) is 16.2 Å². The first kappa shape index (κ1) is 17.5. The van der Waals surface area contributed by atoms with Crippen LogP contribution in [-0.4, -0.2) is 13.1 Å². The van der Waals surface area contributed by atoms with Crippen LogP contribution in [0.1, 0.15) is 11.1 Å². The molecule has 0 aliphatic heterocycles. The molecule has 0 spiro atoms. The van der Waals surface area contributed by atoms with Crippen molar-refractivity contribution in [3.63, 3.8) is 0 Å². The summed E-state index contributed by atoms with van der Waals surface area (Å²) in [7, 11) is 1.65. The molecule has 0 fully saturated rings. The summed E-state index contributed by atoms with van der Waals surface area (Å²) in [6.07, 6.45) is 0. The number of amides is 2. The topological polar surface area (TPSA) is 50.4 Å². The third-order valence-electron chi connectivity index (χ3n) is 4.19. The van der Waals surface area contributed by atoms with Gasteiger partial charge in [0.25, 0.3) is 0 Å². The number of hydrogen-bond acceptors (Lipinski definition) is 2. The lowest BCUT2D eigenvalue weighted by Crippen LogP contribution is -2.20. The van der Waals surface area contributed by atoms with Gasteiger partial charge in [-0.25, -0.2) is 4.79 Å². The Morgan fingerprint density at radius 1 is 0.846 bits per heavy atom. The number of methoxy groups -OCH3 is 1. The van der Waals surface area contributed by atoms with E-state index in [9.17, 15) is 4.79 Å². The van der Waals surface area contributed by atoms with Crippen molar-refractivity contribution < 1.29 is 9.53 Å². The molecule has 4 nitrogen and oxygen atoms in total. The number of aryl methyl sites for hydroxylation is 2. The number of rotatable bonds is 4. The number of hydrogen-bond donors (Lipinski definition) is 2. The summed E-state index contributed by atoms with van der Waals surface area (Å²) < 4.78 is 5.19. The zero-order valence-corrected chi connectivity index (χ0v) is 15.2. The monoisotopic (exact) mass is 346 g/mol. The molecule has 2 N–H and O–H groups in total. The minimum absolute atomic E-state index is 0.259. The molecule has 0 aliphatic rings. The fourth-order valence-corrected chi connectivity index (χ4v) is 2.72. The second-order valence-electron chi connectivity index (χ2n) is 6.21. The molecule has 132 valence electrons. The predicted octanol–water partition coefficient (Wildman–Crippen LogP) is 5.62. The van der Waals surface area contributed by atoms with Gasteiger partial charge in [-0.3, -0.25) is 0 Å². The highest BCUT2D eigenvalue weighted by Crippen LogP contribution is 2.25. The highest BCUT2D eigenvalue weighted by molar-refractivity contribution is 6.00. The number of benzene rings is 3. The number of ether oxygens (including phenoxy) is 1. The van der Waals surface area contributed by atoms with E-state index in [1.807, 2.05) is 80.6 Å². The number of carbonyl (C=O) groups is 1. The second-order valence-corrected chi connectivity index (χ2v) is 6.21. The van der Waals surface area contributed by atoms with E-state index in [2.05, 4.69) is 10.6 Å². The number of carbonyl (C=O) groups excluding carboxylic acids is 1. The van der Waals surface area contributed by atoms with Crippen LogP contribution in [0.2, 0.25) is 0 Å². The van der Waals surface area contributed by atoms with E-state index in [0.29, 0.717) is 0 Å². The molecule has 4 heteroatoms. The Kier molecular flexibility index (Phi) is 5.23. The van der Waals surface area contributed by atoms with E-state index in [0.717, 1.165) is 39.4 Å². The van der Waals surface area contributed by atoms with Gasteiger partial charge >= 0.3 is 6.03 Å². The Hall–Kier alpha value is -3.27. The van der Waals surface area contributed by atoms with Crippen molar-refractivity contribution in [1.29, 1.82) is 0 Å². The van der Waals surface area contributed by atoms with E-state index in [1.54, 1.807) is 7.11 Å². The quantitative estimate of drug-likeness (QED) is 0.644. The van der Waals surface area contributed by atoms with E-state index >= 15 is 0 Å².